The van der Waals surface area contributed by atoms with Gasteiger partial charge in [-0.15, -0.1) is 10.2 Å². The second-order valence-corrected chi connectivity index (χ2v) is 5.43. The van der Waals surface area contributed by atoms with Gasteiger partial charge in [-0.25, -0.2) is 4.52 Å². The Bertz CT molecular complexity index is 1050. The number of aromatic nitrogens is 3. The number of nitrogen functional groups attached to an aromatic ring is 1. The number of H-pyrrole nitrogens is 1. The monoisotopic (exact) mass is 350 g/mol. The Labute approximate surface area is 139 Å². The molecule has 0 saturated heterocycles. The predicted octanol–water partition coefficient (Wildman–Crippen LogP) is 3.66. The Morgan fingerprint density at radius 2 is 1.96 bits per heavy atom. The van der Waals surface area contributed by atoms with Gasteiger partial charge in [-0.2, -0.15) is 18.3 Å². The third-order valence-electron chi connectivity index (χ3n) is 3.75. The first-order valence-corrected chi connectivity index (χ1v) is 7.15. The topological polar surface area (TPSA) is 101 Å². The van der Waals surface area contributed by atoms with Crippen molar-refractivity contribution in [3.05, 3.63) is 51.4 Å². The third kappa shape index (κ3) is 2.97. The van der Waals surface area contributed by atoms with Gasteiger partial charge < -0.3 is 10.7 Å². The molecule has 0 bridgehead atoms. The molecule has 0 saturated carbocycles. The molecule has 10 heteroatoms. The molecule has 3 N–H and O–H groups in total. The number of benzene rings is 1. The zero-order chi connectivity index (χ0) is 18.4. The van der Waals surface area contributed by atoms with Crippen LogP contribution in [-0.4, -0.2) is 14.6 Å². The summed E-state index contributed by atoms with van der Waals surface area (Å²) < 4.78 is 39.7. The number of azo groups is 1. The van der Waals surface area contributed by atoms with E-state index in [1.165, 1.54) is 0 Å². The van der Waals surface area contributed by atoms with Gasteiger partial charge in [0.15, 0.2) is 22.8 Å². The second kappa shape index (κ2) is 5.72. The summed E-state index contributed by atoms with van der Waals surface area (Å²) in [4.78, 5) is 13.8. The molecule has 3 aromatic rings. The number of hydrogen-bond donors (Lipinski definition) is 2. The summed E-state index contributed by atoms with van der Waals surface area (Å²) in [5, 5.41) is 11.6. The number of nitrogens with one attached hydrogen (secondary N) is 1. The number of anilines is 1. The lowest BCUT2D eigenvalue weighted by Gasteiger charge is -2.07. The highest BCUT2D eigenvalue weighted by Crippen LogP contribution is 2.33. The molecule has 0 aliphatic carbocycles. The molecule has 0 unspecified atom stereocenters. The van der Waals surface area contributed by atoms with Gasteiger partial charge in [0.1, 0.15) is 0 Å². The maximum absolute atomic E-state index is 13.1. The summed E-state index contributed by atoms with van der Waals surface area (Å²) in [6.45, 7) is 3.73. The fraction of sp³-hybridized carbons (Fsp3) is 0.200. The predicted molar refractivity (Wildman–Crippen MR) is 85.3 cm³/mol. The van der Waals surface area contributed by atoms with Gasteiger partial charge in [-0.3, -0.25) is 4.79 Å². The minimum absolute atomic E-state index is 0.135. The van der Waals surface area contributed by atoms with E-state index in [2.05, 4.69) is 20.3 Å². The minimum Gasteiger partial charge on any atom is -0.380 e. The van der Waals surface area contributed by atoms with Crippen molar-refractivity contribution >= 4 is 22.8 Å². The average Bonchev–Trinajstić information content (AvgIpc) is 2.82. The van der Waals surface area contributed by atoms with Crippen molar-refractivity contribution in [3.63, 3.8) is 0 Å². The third-order valence-corrected chi connectivity index (χ3v) is 3.75. The van der Waals surface area contributed by atoms with Crippen LogP contribution in [-0.2, 0) is 6.18 Å². The fourth-order valence-electron chi connectivity index (χ4n) is 2.30. The van der Waals surface area contributed by atoms with Crippen molar-refractivity contribution < 1.29 is 13.2 Å². The number of nitrogens with zero attached hydrogens (tertiary/aromatic N) is 4. The summed E-state index contributed by atoms with van der Waals surface area (Å²) in [7, 11) is 0. The van der Waals surface area contributed by atoms with E-state index in [1.807, 2.05) is 19.9 Å². The smallest absolute Gasteiger partial charge is 0.380 e. The van der Waals surface area contributed by atoms with Crippen molar-refractivity contribution in [1.82, 2.24) is 14.6 Å². The van der Waals surface area contributed by atoms with E-state index in [-0.39, 0.29) is 17.2 Å². The summed E-state index contributed by atoms with van der Waals surface area (Å²) in [6.07, 6.45) is -4.77. The lowest BCUT2D eigenvalue weighted by molar-refractivity contribution is -0.142. The second-order valence-electron chi connectivity index (χ2n) is 5.43. The molecule has 0 aliphatic heterocycles. The van der Waals surface area contributed by atoms with Crippen LogP contribution < -0.4 is 11.3 Å². The molecular formula is C15H13F3N6O. The van der Waals surface area contributed by atoms with Crippen LogP contribution in [0.15, 0.2) is 39.3 Å². The maximum atomic E-state index is 13.1. The van der Waals surface area contributed by atoms with E-state index < -0.39 is 17.4 Å². The first kappa shape index (κ1) is 16.7. The zero-order valence-corrected chi connectivity index (χ0v) is 13.2. The summed E-state index contributed by atoms with van der Waals surface area (Å²) >= 11 is 0. The van der Waals surface area contributed by atoms with E-state index in [1.54, 1.807) is 12.1 Å². The Kier molecular flexibility index (Phi) is 3.82. The number of alkyl halides is 3. The molecule has 0 aliphatic rings. The molecule has 1 aromatic carbocycles. The Morgan fingerprint density at radius 3 is 2.64 bits per heavy atom. The molecule has 25 heavy (non-hydrogen) atoms. The highest BCUT2D eigenvalue weighted by atomic mass is 19.4. The summed E-state index contributed by atoms with van der Waals surface area (Å²) in [5.74, 6) is -0.276. The normalized spacial score (nSPS) is 12.4. The lowest BCUT2D eigenvalue weighted by Crippen LogP contribution is -2.19. The number of aryl methyl sites for hydroxylation is 1. The van der Waals surface area contributed by atoms with E-state index in [4.69, 9.17) is 5.73 Å². The van der Waals surface area contributed by atoms with Crippen LogP contribution in [0.2, 0.25) is 0 Å². The molecule has 0 fully saturated rings. The highest BCUT2D eigenvalue weighted by molar-refractivity contribution is 5.75. The molecule has 2 aromatic heterocycles. The molecule has 2 heterocycles. The van der Waals surface area contributed by atoms with E-state index in [9.17, 15) is 18.0 Å². The van der Waals surface area contributed by atoms with Crippen molar-refractivity contribution in [2.45, 2.75) is 20.0 Å². The molecule has 130 valence electrons. The van der Waals surface area contributed by atoms with Gasteiger partial charge in [0, 0.05) is 6.07 Å². The van der Waals surface area contributed by atoms with Crippen molar-refractivity contribution in [2.75, 3.05) is 5.73 Å². The van der Waals surface area contributed by atoms with Crippen LogP contribution >= 0.6 is 0 Å². The SMILES string of the molecule is Cc1cccc(N=Nc2c(N)nn3c(C(F)(F)F)cc(=O)[nH]c23)c1C. The Morgan fingerprint density at radius 1 is 1.24 bits per heavy atom. The van der Waals surface area contributed by atoms with Gasteiger partial charge >= 0.3 is 6.18 Å². The number of nitrogens with two attached hydrogens (primary N) is 1. The zero-order valence-electron chi connectivity index (χ0n) is 13.2. The molecule has 0 radical (unpaired) electrons. The number of hydrogen-bond acceptors (Lipinski definition) is 5. The highest BCUT2D eigenvalue weighted by Gasteiger charge is 2.35. The standard InChI is InChI=1S/C15H13F3N6O/c1-7-4-3-5-9(8(7)2)21-22-12-13(19)23-24-10(15(16,17)18)6-11(25)20-14(12)24/h3-6H,1-2H3,(H2,19,23)(H,20,25). The minimum atomic E-state index is -4.77. The van der Waals surface area contributed by atoms with Crippen LogP contribution in [0, 0.1) is 13.8 Å². The van der Waals surface area contributed by atoms with E-state index in [0.29, 0.717) is 16.3 Å². The van der Waals surface area contributed by atoms with Crippen molar-refractivity contribution in [1.29, 1.82) is 0 Å². The fourth-order valence-corrected chi connectivity index (χ4v) is 2.30. The van der Waals surface area contributed by atoms with E-state index >= 15 is 0 Å². The number of fused-ring (bicyclic) bond motifs is 1. The number of rotatable bonds is 2. The van der Waals surface area contributed by atoms with Crippen LogP contribution in [0.3, 0.4) is 0 Å². The molecule has 0 atom stereocenters. The maximum Gasteiger partial charge on any atom is 0.433 e. The molecule has 3 rings (SSSR count). The number of aromatic amines is 1. The Balaban J connectivity index is 2.19. The lowest BCUT2D eigenvalue weighted by atomic mass is 10.1. The molecule has 0 amide bonds. The quantitative estimate of drug-likeness (QED) is 0.690. The van der Waals surface area contributed by atoms with E-state index in [0.717, 1.165) is 11.1 Å². The van der Waals surface area contributed by atoms with Gasteiger partial charge in [0.2, 0.25) is 0 Å². The van der Waals surface area contributed by atoms with Gasteiger partial charge in [-0.05, 0) is 31.0 Å². The van der Waals surface area contributed by atoms with Crippen LogP contribution in [0.5, 0.6) is 0 Å². The average molecular weight is 350 g/mol. The molecule has 0 spiro atoms. The largest absolute Gasteiger partial charge is 0.433 e. The van der Waals surface area contributed by atoms with Crippen LogP contribution in [0.1, 0.15) is 16.8 Å². The van der Waals surface area contributed by atoms with Gasteiger partial charge in [0.25, 0.3) is 5.56 Å². The van der Waals surface area contributed by atoms with Crippen LogP contribution in [0.4, 0.5) is 30.4 Å². The summed E-state index contributed by atoms with van der Waals surface area (Å²) in [5.41, 5.74) is 5.46. The number of halogens is 3. The first-order valence-electron chi connectivity index (χ1n) is 7.15. The van der Waals surface area contributed by atoms with Crippen molar-refractivity contribution in [3.8, 4) is 0 Å². The molecule has 7 nitrogen and oxygen atoms in total. The van der Waals surface area contributed by atoms with Gasteiger partial charge in [0.05, 0.1) is 5.69 Å². The Hall–Kier alpha value is -3.17. The van der Waals surface area contributed by atoms with Crippen molar-refractivity contribution in [2.24, 2.45) is 10.2 Å². The van der Waals surface area contributed by atoms with Crippen LogP contribution in [0.25, 0.3) is 5.65 Å². The molecular weight excluding hydrogens is 337 g/mol. The van der Waals surface area contributed by atoms with Gasteiger partial charge in [-0.1, -0.05) is 12.1 Å². The first-order chi connectivity index (χ1) is 11.7. The summed E-state index contributed by atoms with van der Waals surface area (Å²) in [6, 6.07) is 5.79.